The first-order chi connectivity index (χ1) is 7.96. The molecule has 1 saturated carbocycles. The number of carbonyl (C=O) groups excluding carboxylic acids is 1. The molecule has 1 aromatic heterocycles. The van der Waals surface area contributed by atoms with E-state index in [-0.39, 0.29) is 18.1 Å². The average Bonchev–Trinajstić information content (AvgIpc) is 2.94. The molecule has 1 aromatic rings. The second-order valence-corrected chi connectivity index (χ2v) is 6.48. The number of hydrogen-bond donors (Lipinski definition) is 0. The van der Waals surface area contributed by atoms with Crippen molar-refractivity contribution in [3.05, 3.63) is 18.1 Å². The van der Waals surface area contributed by atoms with Crippen LogP contribution in [0, 0.1) is 6.42 Å². The predicted octanol–water partition coefficient (Wildman–Crippen LogP) is 0.769. The van der Waals surface area contributed by atoms with E-state index in [2.05, 4.69) is 10.1 Å². The van der Waals surface area contributed by atoms with Gasteiger partial charge in [-0.05, 0) is 19.3 Å². The third-order valence-corrected chi connectivity index (χ3v) is 3.39. The van der Waals surface area contributed by atoms with E-state index in [0.29, 0.717) is 11.7 Å². The van der Waals surface area contributed by atoms with Crippen LogP contribution >= 0.6 is 0 Å². The van der Waals surface area contributed by atoms with Crippen LogP contribution < -0.4 is 0 Å². The van der Waals surface area contributed by atoms with Gasteiger partial charge in [-0.1, -0.05) is 5.16 Å². The first-order valence-electron chi connectivity index (χ1n) is 5.34. The highest BCUT2D eigenvalue weighted by Gasteiger charge is 2.29. The summed E-state index contributed by atoms with van der Waals surface area (Å²) in [6.45, 7) is 0. The van der Waals surface area contributed by atoms with E-state index in [9.17, 15) is 13.2 Å². The highest BCUT2D eigenvalue weighted by molar-refractivity contribution is 7.90. The van der Waals surface area contributed by atoms with Crippen LogP contribution in [0.4, 0.5) is 0 Å². The molecule has 0 aliphatic heterocycles. The molecule has 1 heterocycles. The molecule has 0 saturated heterocycles. The Morgan fingerprint density at radius 1 is 1.53 bits per heavy atom. The normalized spacial score (nSPS) is 16.1. The van der Waals surface area contributed by atoms with E-state index in [1.807, 2.05) is 0 Å². The van der Waals surface area contributed by atoms with E-state index in [0.717, 1.165) is 19.1 Å². The van der Waals surface area contributed by atoms with Crippen molar-refractivity contribution in [2.24, 2.45) is 0 Å². The molecule has 7 heteroatoms. The largest absolute Gasteiger partial charge is 0.331 e. The van der Waals surface area contributed by atoms with E-state index in [4.69, 9.17) is 4.52 Å². The van der Waals surface area contributed by atoms with Crippen LogP contribution in [0.25, 0.3) is 0 Å². The molecule has 0 unspecified atom stereocenters. The molecule has 1 radical (unpaired) electrons. The fourth-order valence-corrected chi connectivity index (χ4v) is 1.88. The molecule has 0 aromatic carbocycles. The van der Waals surface area contributed by atoms with Crippen molar-refractivity contribution >= 4 is 15.6 Å². The molecule has 6 nitrogen and oxygen atoms in total. The fourth-order valence-electron chi connectivity index (χ4n) is 1.33. The zero-order valence-electron chi connectivity index (χ0n) is 9.42. The number of ketones is 1. The van der Waals surface area contributed by atoms with Crippen LogP contribution in [-0.2, 0) is 9.84 Å². The molecule has 1 fully saturated rings. The molecule has 0 amide bonds. The zero-order chi connectivity index (χ0) is 12.5. The van der Waals surface area contributed by atoms with E-state index < -0.39 is 15.6 Å². The minimum atomic E-state index is -3.05. The minimum Gasteiger partial charge on any atom is -0.331 e. The van der Waals surface area contributed by atoms with Crippen molar-refractivity contribution in [3.63, 3.8) is 0 Å². The van der Waals surface area contributed by atoms with Crippen molar-refractivity contribution in [3.8, 4) is 0 Å². The van der Waals surface area contributed by atoms with Gasteiger partial charge in [-0.15, -0.1) is 0 Å². The van der Waals surface area contributed by atoms with E-state index in [1.54, 1.807) is 0 Å². The van der Waals surface area contributed by atoms with Crippen LogP contribution in [0.3, 0.4) is 0 Å². The highest BCUT2D eigenvalue weighted by Crippen LogP contribution is 2.38. The lowest BCUT2D eigenvalue weighted by molar-refractivity contribution is 0.0982. The molecule has 17 heavy (non-hydrogen) atoms. The number of Topliss-reactive ketones (excluding diaryl/α,β-unsaturated/α-hetero) is 1. The van der Waals surface area contributed by atoms with Crippen LogP contribution in [0.2, 0.25) is 0 Å². The summed E-state index contributed by atoms with van der Waals surface area (Å²) in [5, 5.41) is 3.71. The summed E-state index contributed by atoms with van der Waals surface area (Å²) in [4.78, 5) is 15.5. The summed E-state index contributed by atoms with van der Waals surface area (Å²) in [6.07, 6.45) is 4.63. The average molecular weight is 257 g/mol. The Hall–Kier alpha value is -1.24. The number of hydrogen-bond acceptors (Lipinski definition) is 6. The van der Waals surface area contributed by atoms with Gasteiger partial charge >= 0.3 is 0 Å². The van der Waals surface area contributed by atoms with Crippen LogP contribution in [0.1, 0.15) is 41.7 Å². The maximum Gasteiger partial charge on any atom is 0.294 e. The van der Waals surface area contributed by atoms with Gasteiger partial charge in [0.05, 0.1) is 5.75 Å². The topological polar surface area (TPSA) is 90.1 Å². The van der Waals surface area contributed by atoms with Gasteiger partial charge in [-0.3, -0.25) is 4.79 Å². The van der Waals surface area contributed by atoms with Crippen molar-refractivity contribution in [2.45, 2.75) is 25.2 Å². The number of rotatable bonds is 6. The Labute approximate surface area is 99.3 Å². The van der Waals surface area contributed by atoms with Crippen molar-refractivity contribution in [1.29, 1.82) is 0 Å². The third kappa shape index (κ3) is 3.62. The summed E-state index contributed by atoms with van der Waals surface area (Å²) in [7, 11) is -3.05. The Morgan fingerprint density at radius 3 is 2.82 bits per heavy atom. The molecule has 93 valence electrons. The summed E-state index contributed by atoms with van der Waals surface area (Å²) in [6, 6.07) is 0. The monoisotopic (exact) mass is 257 g/mol. The Kier molecular flexibility index (Phi) is 3.28. The zero-order valence-corrected chi connectivity index (χ0v) is 10.2. The molecule has 1 aliphatic rings. The van der Waals surface area contributed by atoms with Crippen molar-refractivity contribution < 1.29 is 17.7 Å². The highest BCUT2D eigenvalue weighted by atomic mass is 32.2. The lowest BCUT2D eigenvalue weighted by Gasteiger charge is -1.95. The van der Waals surface area contributed by atoms with Gasteiger partial charge in [0, 0.05) is 18.6 Å². The molecule has 2 rings (SSSR count). The van der Waals surface area contributed by atoms with Crippen LogP contribution in [-0.4, -0.2) is 36.4 Å². The van der Waals surface area contributed by atoms with Gasteiger partial charge in [0.15, 0.2) is 5.82 Å². The molecular weight excluding hydrogens is 244 g/mol. The van der Waals surface area contributed by atoms with Gasteiger partial charge in [-0.25, -0.2) is 8.42 Å². The van der Waals surface area contributed by atoms with E-state index in [1.165, 1.54) is 6.42 Å². The Balaban J connectivity index is 1.86. The maximum atomic E-state index is 11.5. The van der Waals surface area contributed by atoms with Crippen molar-refractivity contribution in [2.75, 3.05) is 12.0 Å². The number of aromatic nitrogens is 2. The second-order valence-electron chi connectivity index (χ2n) is 4.22. The summed E-state index contributed by atoms with van der Waals surface area (Å²) >= 11 is 0. The molecule has 1 aliphatic carbocycles. The first kappa shape index (κ1) is 12.2. The molecule has 0 spiro atoms. The summed E-state index contributed by atoms with van der Waals surface area (Å²) < 4.78 is 26.6. The van der Waals surface area contributed by atoms with Crippen LogP contribution in [0.15, 0.2) is 4.52 Å². The number of carbonyl (C=O) groups is 1. The molecule has 0 atom stereocenters. The third-order valence-electron chi connectivity index (χ3n) is 2.41. The quantitative estimate of drug-likeness (QED) is 0.699. The summed E-state index contributed by atoms with van der Waals surface area (Å²) in [5.41, 5.74) is 0. The Bertz CT molecular complexity index is 516. The van der Waals surface area contributed by atoms with Gasteiger partial charge in [0.25, 0.3) is 5.89 Å². The Morgan fingerprint density at radius 2 is 2.24 bits per heavy atom. The van der Waals surface area contributed by atoms with Gasteiger partial charge in [-0.2, -0.15) is 4.98 Å². The predicted molar refractivity (Wildman–Crippen MR) is 59.2 cm³/mol. The standard InChI is InChI=1S/C10H13N2O4S/c1-17(14,15)6-2-3-8(13)10-11-9(12-16-10)7-4-5-7/h3,7H,2,4-6H2,1H3. The van der Waals surface area contributed by atoms with Gasteiger partial charge < -0.3 is 4.52 Å². The smallest absolute Gasteiger partial charge is 0.294 e. The molecular formula is C10H13N2O4S. The second kappa shape index (κ2) is 4.56. The first-order valence-corrected chi connectivity index (χ1v) is 7.40. The lowest BCUT2D eigenvalue weighted by atomic mass is 10.2. The maximum absolute atomic E-state index is 11.5. The minimum absolute atomic E-state index is 0.0532. The van der Waals surface area contributed by atoms with Gasteiger partial charge in [0.2, 0.25) is 5.78 Å². The van der Waals surface area contributed by atoms with Gasteiger partial charge in [0.1, 0.15) is 9.84 Å². The van der Waals surface area contributed by atoms with Crippen molar-refractivity contribution in [1.82, 2.24) is 10.1 Å². The SMILES string of the molecule is CS(=O)(=O)CC[CH]C(=O)c1nc(C2CC2)no1. The molecule has 0 bridgehead atoms. The number of nitrogens with zero attached hydrogens (tertiary/aromatic N) is 2. The fraction of sp³-hybridized carbons (Fsp3) is 0.600. The lowest BCUT2D eigenvalue weighted by Crippen LogP contribution is -2.07. The number of sulfone groups is 1. The summed E-state index contributed by atoms with van der Waals surface area (Å²) in [5.74, 6) is 0.386. The van der Waals surface area contributed by atoms with Crippen LogP contribution in [0.5, 0.6) is 0 Å². The van der Waals surface area contributed by atoms with E-state index >= 15 is 0 Å². The molecule has 0 N–H and O–H groups in total.